The molecule has 0 spiro atoms. The summed E-state index contributed by atoms with van der Waals surface area (Å²) in [7, 11) is 0. The van der Waals surface area contributed by atoms with Crippen LogP contribution in [0.5, 0.6) is 0 Å². The zero-order chi connectivity index (χ0) is 17.6. The van der Waals surface area contributed by atoms with E-state index in [9.17, 15) is 13.6 Å². The monoisotopic (exact) mass is 350 g/mol. The average Bonchev–Trinajstić information content (AvgIpc) is 2.59. The fourth-order valence-corrected chi connectivity index (χ4v) is 4.19. The molecule has 2 aliphatic rings. The average molecular weight is 350 g/mol. The van der Waals surface area contributed by atoms with Gasteiger partial charge >= 0.3 is 0 Å². The van der Waals surface area contributed by atoms with Crippen LogP contribution in [0.3, 0.4) is 0 Å². The second-order valence-corrected chi connectivity index (χ2v) is 7.58. The SMILES string of the molecule is O=C(Cc1ccc(F)cc1F)N[C@@H]1CCCN(CC2CCCCC2)C1. The predicted octanol–water partition coefficient (Wildman–Crippen LogP) is 3.67. The Bertz CT molecular complexity index is 587. The van der Waals surface area contributed by atoms with Gasteiger partial charge in [-0.05, 0) is 49.8 Å². The second-order valence-electron chi connectivity index (χ2n) is 7.58. The van der Waals surface area contributed by atoms with Crippen molar-refractivity contribution in [3.8, 4) is 0 Å². The molecule has 3 nitrogen and oxygen atoms in total. The maximum absolute atomic E-state index is 13.7. The first-order chi connectivity index (χ1) is 12.1. The van der Waals surface area contributed by atoms with E-state index in [1.807, 2.05) is 0 Å². The van der Waals surface area contributed by atoms with Crippen LogP contribution in [0, 0.1) is 17.6 Å². The Kier molecular flexibility index (Phi) is 6.40. The molecule has 1 N–H and O–H groups in total. The minimum Gasteiger partial charge on any atom is -0.352 e. The summed E-state index contributed by atoms with van der Waals surface area (Å²) in [5.41, 5.74) is 0.244. The molecule has 1 aromatic rings. The number of piperidine rings is 1. The Morgan fingerprint density at radius 3 is 2.68 bits per heavy atom. The molecule has 1 atom stereocenters. The van der Waals surface area contributed by atoms with Gasteiger partial charge in [-0.3, -0.25) is 4.79 Å². The smallest absolute Gasteiger partial charge is 0.224 e. The quantitative estimate of drug-likeness (QED) is 0.879. The first-order valence-electron chi connectivity index (χ1n) is 9.56. The number of likely N-dealkylation sites (tertiary alicyclic amines) is 1. The van der Waals surface area contributed by atoms with Crippen LogP contribution in [0.1, 0.15) is 50.5 Å². The van der Waals surface area contributed by atoms with Gasteiger partial charge in [0, 0.05) is 25.2 Å². The molecule has 1 saturated carbocycles. The molecule has 3 rings (SSSR count). The number of hydrogen-bond acceptors (Lipinski definition) is 2. The van der Waals surface area contributed by atoms with Crippen molar-refractivity contribution in [2.45, 2.75) is 57.4 Å². The normalized spacial score (nSPS) is 22.7. The zero-order valence-electron chi connectivity index (χ0n) is 14.8. The highest BCUT2D eigenvalue weighted by molar-refractivity contribution is 5.78. The highest BCUT2D eigenvalue weighted by atomic mass is 19.1. The minimum absolute atomic E-state index is 0.0365. The minimum atomic E-state index is -0.655. The molecule has 1 heterocycles. The number of hydrogen-bond donors (Lipinski definition) is 1. The van der Waals surface area contributed by atoms with E-state index in [1.54, 1.807) is 0 Å². The van der Waals surface area contributed by atoms with Crippen molar-refractivity contribution in [3.63, 3.8) is 0 Å². The van der Waals surface area contributed by atoms with Crippen molar-refractivity contribution >= 4 is 5.91 Å². The first kappa shape index (κ1) is 18.3. The van der Waals surface area contributed by atoms with Gasteiger partial charge in [0.15, 0.2) is 0 Å². The second kappa shape index (κ2) is 8.75. The van der Waals surface area contributed by atoms with E-state index in [1.165, 1.54) is 44.2 Å². The summed E-state index contributed by atoms with van der Waals surface area (Å²) in [6.07, 6.45) is 8.75. The Morgan fingerprint density at radius 1 is 1.12 bits per heavy atom. The molecule has 1 aliphatic carbocycles. The Hall–Kier alpha value is -1.49. The van der Waals surface area contributed by atoms with Crippen LogP contribution in [0.4, 0.5) is 8.78 Å². The van der Waals surface area contributed by atoms with Crippen LogP contribution >= 0.6 is 0 Å². The highest BCUT2D eigenvalue weighted by Gasteiger charge is 2.24. The Morgan fingerprint density at radius 2 is 1.92 bits per heavy atom. The molecule has 138 valence electrons. The number of nitrogens with one attached hydrogen (secondary N) is 1. The van der Waals surface area contributed by atoms with E-state index in [0.717, 1.165) is 44.5 Å². The molecular formula is C20H28F2N2O. The van der Waals surface area contributed by atoms with Gasteiger partial charge in [0.05, 0.1) is 6.42 Å². The van der Waals surface area contributed by atoms with Gasteiger partial charge in [-0.15, -0.1) is 0 Å². The van der Waals surface area contributed by atoms with Crippen molar-refractivity contribution in [2.24, 2.45) is 5.92 Å². The molecule has 5 heteroatoms. The van der Waals surface area contributed by atoms with Crippen molar-refractivity contribution in [2.75, 3.05) is 19.6 Å². The predicted molar refractivity (Wildman–Crippen MR) is 94.2 cm³/mol. The molecule has 1 aliphatic heterocycles. The topological polar surface area (TPSA) is 32.3 Å². The first-order valence-corrected chi connectivity index (χ1v) is 9.56. The number of benzene rings is 1. The highest BCUT2D eigenvalue weighted by Crippen LogP contribution is 2.25. The summed E-state index contributed by atoms with van der Waals surface area (Å²) < 4.78 is 26.6. The molecule has 1 saturated heterocycles. The number of carbonyl (C=O) groups is 1. The van der Waals surface area contributed by atoms with E-state index >= 15 is 0 Å². The van der Waals surface area contributed by atoms with Crippen LogP contribution in [0.15, 0.2) is 18.2 Å². The summed E-state index contributed by atoms with van der Waals surface area (Å²) in [4.78, 5) is 14.7. The summed E-state index contributed by atoms with van der Waals surface area (Å²) in [6.45, 7) is 3.13. The van der Waals surface area contributed by atoms with Gasteiger partial charge in [0.25, 0.3) is 0 Å². The van der Waals surface area contributed by atoms with Crippen LogP contribution in [-0.4, -0.2) is 36.5 Å². The lowest BCUT2D eigenvalue weighted by Gasteiger charge is -2.36. The molecule has 2 fully saturated rings. The summed E-state index contributed by atoms with van der Waals surface area (Å²) in [5.74, 6) is -0.656. The summed E-state index contributed by atoms with van der Waals surface area (Å²) in [5, 5.41) is 3.04. The molecule has 0 bridgehead atoms. The fourth-order valence-electron chi connectivity index (χ4n) is 4.19. The maximum atomic E-state index is 13.7. The molecule has 0 unspecified atom stereocenters. The van der Waals surface area contributed by atoms with Crippen molar-refractivity contribution in [3.05, 3.63) is 35.4 Å². The zero-order valence-corrected chi connectivity index (χ0v) is 14.8. The molecule has 25 heavy (non-hydrogen) atoms. The van der Waals surface area contributed by atoms with E-state index < -0.39 is 11.6 Å². The van der Waals surface area contributed by atoms with Crippen LogP contribution < -0.4 is 5.32 Å². The van der Waals surface area contributed by atoms with Gasteiger partial charge in [-0.2, -0.15) is 0 Å². The lowest BCUT2D eigenvalue weighted by Crippen LogP contribution is -2.49. The molecule has 1 amide bonds. The standard InChI is InChI=1S/C20H28F2N2O/c21-17-9-8-16(19(22)12-17)11-20(25)23-18-7-4-10-24(14-18)13-15-5-2-1-3-6-15/h8-9,12,15,18H,1-7,10-11,13-14H2,(H,23,25)/t18-/m1/s1. The third-order valence-electron chi connectivity index (χ3n) is 5.48. The number of rotatable bonds is 5. The third kappa shape index (κ3) is 5.50. The Labute approximate surface area is 148 Å². The van der Waals surface area contributed by atoms with Crippen LogP contribution in [0.2, 0.25) is 0 Å². The van der Waals surface area contributed by atoms with Crippen molar-refractivity contribution in [1.29, 1.82) is 0 Å². The molecule has 0 aromatic heterocycles. The molecular weight excluding hydrogens is 322 g/mol. The number of halogens is 2. The van der Waals surface area contributed by atoms with Gasteiger partial charge in [-0.1, -0.05) is 25.3 Å². The van der Waals surface area contributed by atoms with E-state index in [4.69, 9.17) is 0 Å². The number of amides is 1. The molecule has 1 aromatic carbocycles. The third-order valence-corrected chi connectivity index (χ3v) is 5.48. The van der Waals surface area contributed by atoms with Crippen LogP contribution in [0.25, 0.3) is 0 Å². The fraction of sp³-hybridized carbons (Fsp3) is 0.650. The lowest BCUT2D eigenvalue weighted by molar-refractivity contribution is -0.121. The van der Waals surface area contributed by atoms with Crippen molar-refractivity contribution < 1.29 is 13.6 Å². The van der Waals surface area contributed by atoms with Crippen molar-refractivity contribution in [1.82, 2.24) is 10.2 Å². The van der Waals surface area contributed by atoms with Gasteiger partial charge in [-0.25, -0.2) is 8.78 Å². The summed E-state index contributed by atoms with van der Waals surface area (Å²) >= 11 is 0. The lowest BCUT2D eigenvalue weighted by atomic mass is 9.88. The largest absolute Gasteiger partial charge is 0.352 e. The Balaban J connectivity index is 1.47. The maximum Gasteiger partial charge on any atom is 0.224 e. The van der Waals surface area contributed by atoms with Gasteiger partial charge in [0.2, 0.25) is 5.91 Å². The van der Waals surface area contributed by atoms with Gasteiger partial charge < -0.3 is 10.2 Å². The van der Waals surface area contributed by atoms with E-state index in [2.05, 4.69) is 10.2 Å². The number of nitrogens with zero attached hydrogens (tertiary/aromatic N) is 1. The van der Waals surface area contributed by atoms with E-state index in [-0.39, 0.29) is 23.9 Å². The molecule has 0 radical (unpaired) electrons. The number of carbonyl (C=O) groups excluding carboxylic acids is 1. The van der Waals surface area contributed by atoms with E-state index in [0.29, 0.717) is 0 Å². The van der Waals surface area contributed by atoms with Crippen LogP contribution in [-0.2, 0) is 11.2 Å². The summed E-state index contributed by atoms with van der Waals surface area (Å²) in [6, 6.07) is 3.50. The van der Waals surface area contributed by atoms with Gasteiger partial charge in [0.1, 0.15) is 11.6 Å².